The number of hydrogen-bond acceptors (Lipinski definition) is 3. The van der Waals surface area contributed by atoms with Gasteiger partial charge in [0.2, 0.25) is 0 Å². The van der Waals surface area contributed by atoms with Gasteiger partial charge in [-0.25, -0.2) is 0 Å². The molecular formula is C10H18O3. The van der Waals surface area contributed by atoms with E-state index in [9.17, 15) is 0 Å². The highest BCUT2D eigenvalue weighted by atomic mass is 16.6. The molecule has 2 atom stereocenters. The first-order valence-corrected chi connectivity index (χ1v) is 4.84. The van der Waals surface area contributed by atoms with Crippen LogP contribution in [0.1, 0.15) is 19.3 Å². The number of aliphatic hydroxyl groups excluding tert-OH is 2. The summed E-state index contributed by atoms with van der Waals surface area (Å²) in [5, 5.41) is 15.8. The van der Waals surface area contributed by atoms with E-state index in [-0.39, 0.29) is 20.0 Å². The first-order chi connectivity index (χ1) is 6.36. The smallest absolute Gasteiger partial charge is 0.143 e. The number of rotatable bonds is 3. The van der Waals surface area contributed by atoms with Crippen molar-refractivity contribution in [2.45, 2.75) is 19.3 Å². The number of allylic oxidation sites excluding steroid dienone is 2. The Hall–Kier alpha value is -0.380. The molecule has 13 heavy (non-hydrogen) atoms. The van der Waals surface area contributed by atoms with Crippen LogP contribution in [0, 0.1) is 11.8 Å². The van der Waals surface area contributed by atoms with Gasteiger partial charge in [0.25, 0.3) is 0 Å². The second-order valence-electron chi connectivity index (χ2n) is 3.48. The first kappa shape index (κ1) is 10.7. The third-order valence-corrected chi connectivity index (χ3v) is 2.50. The monoisotopic (exact) mass is 186 g/mol. The van der Waals surface area contributed by atoms with E-state index in [1.54, 1.807) is 0 Å². The molecule has 3 nitrogen and oxygen atoms in total. The van der Waals surface area contributed by atoms with Crippen molar-refractivity contribution in [2.75, 3.05) is 20.0 Å². The van der Waals surface area contributed by atoms with Gasteiger partial charge in [-0.15, -0.1) is 0 Å². The largest absolute Gasteiger partial charge is 0.394 e. The Bertz CT molecular complexity index is 140. The Balaban J connectivity index is 0.000000133. The molecule has 0 heterocycles. The van der Waals surface area contributed by atoms with Crippen LogP contribution in [0.15, 0.2) is 12.2 Å². The van der Waals surface area contributed by atoms with Crippen LogP contribution in [-0.2, 0) is 4.74 Å². The summed E-state index contributed by atoms with van der Waals surface area (Å²) in [6, 6.07) is 0. The number of fused-ring (bicyclic) bond motifs is 2. The fraction of sp³-hybridized carbons (Fsp3) is 0.800. The molecule has 2 N–H and O–H groups in total. The fourth-order valence-electron chi connectivity index (χ4n) is 1.85. The lowest BCUT2D eigenvalue weighted by Gasteiger charge is -1.96. The van der Waals surface area contributed by atoms with Crippen LogP contribution in [0.2, 0.25) is 0 Å². The SMILES string of the molecule is C1=CC2CCC1C2.OCCOCO. The highest BCUT2D eigenvalue weighted by molar-refractivity contribution is 5.06. The molecule has 0 amide bonds. The highest BCUT2D eigenvalue weighted by Crippen LogP contribution is 2.38. The van der Waals surface area contributed by atoms with E-state index in [0.29, 0.717) is 0 Å². The van der Waals surface area contributed by atoms with Gasteiger partial charge in [-0.2, -0.15) is 0 Å². The molecule has 3 heteroatoms. The van der Waals surface area contributed by atoms with Crippen molar-refractivity contribution in [3.8, 4) is 0 Å². The first-order valence-electron chi connectivity index (χ1n) is 4.84. The molecule has 2 aliphatic rings. The quantitative estimate of drug-likeness (QED) is 0.391. The minimum absolute atomic E-state index is 0.0272. The summed E-state index contributed by atoms with van der Waals surface area (Å²) in [6.45, 7) is -0.113. The Morgan fingerprint density at radius 3 is 1.92 bits per heavy atom. The summed E-state index contributed by atoms with van der Waals surface area (Å²) < 4.78 is 4.29. The zero-order valence-electron chi connectivity index (χ0n) is 7.85. The summed E-state index contributed by atoms with van der Waals surface area (Å²) in [7, 11) is 0. The van der Waals surface area contributed by atoms with E-state index in [0.717, 1.165) is 11.8 Å². The molecule has 0 saturated heterocycles. The predicted octanol–water partition coefficient (Wildman–Crippen LogP) is 0.918. The summed E-state index contributed by atoms with van der Waals surface area (Å²) in [4.78, 5) is 0. The van der Waals surface area contributed by atoms with Gasteiger partial charge >= 0.3 is 0 Å². The molecule has 0 radical (unpaired) electrons. The molecule has 1 saturated carbocycles. The van der Waals surface area contributed by atoms with Crippen LogP contribution in [0.5, 0.6) is 0 Å². The third kappa shape index (κ3) is 3.89. The molecule has 0 aromatic rings. The average molecular weight is 186 g/mol. The van der Waals surface area contributed by atoms with Crippen LogP contribution in [-0.4, -0.2) is 30.2 Å². The molecule has 0 aliphatic heterocycles. The van der Waals surface area contributed by atoms with Crippen LogP contribution in [0.3, 0.4) is 0 Å². The number of ether oxygens (including phenoxy) is 1. The molecule has 2 bridgehead atoms. The Kier molecular flexibility index (Phi) is 5.05. The fourth-order valence-corrected chi connectivity index (χ4v) is 1.85. The molecule has 2 rings (SSSR count). The van der Waals surface area contributed by atoms with Crippen molar-refractivity contribution in [1.82, 2.24) is 0 Å². The molecule has 0 aromatic heterocycles. The standard InChI is InChI=1S/C7H10.C3H8O3/c1-2-7-4-3-6(1)5-7;4-1-2-6-3-5/h1-2,6-7H,3-5H2;4-5H,1-3H2. The summed E-state index contributed by atoms with van der Waals surface area (Å²) in [6.07, 6.45) is 9.19. The van der Waals surface area contributed by atoms with E-state index in [4.69, 9.17) is 10.2 Å². The maximum absolute atomic E-state index is 7.96. The van der Waals surface area contributed by atoms with E-state index in [2.05, 4.69) is 16.9 Å². The molecule has 1 fully saturated rings. The zero-order chi connectivity index (χ0) is 9.52. The minimum Gasteiger partial charge on any atom is -0.394 e. The van der Waals surface area contributed by atoms with Crippen LogP contribution >= 0.6 is 0 Å². The normalized spacial score (nSPS) is 28.8. The van der Waals surface area contributed by atoms with Gasteiger partial charge in [0.1, 0.15) is 6.79 Å². The topological polar surface area (TPSA) is 49.7 Å². The molecule has 2 aliphatic carbocycles. The Morgan fingerprint density at radius 1 is 1.15 bits per heavy atom. The van der Waals surface area contributed by atoms with Crippen molar-refractivity contribution in [1.29, 1.82) is 0 Å². The molecule has 2 unspecified atom stereocenters. The lowest BCUT2D eigenvalue weighted by atomic mass is 10.1. The van der Waals surface area contributed by atoms with E-state index in [1.807, 2.05) is 0 Å². The molecule has 76 valence electrons. The average Bonchev–Trinajstić information content (AvgIpc) is 2.79. The second kappa shape index (κ2) is 6.13. The number of aliphatic hydroxyl groups is 2. The van der Waals surface area contributed by atoms with Crippen LogP contribution < -0.4 is 0 Å². The van der Waals surface area contributed by atoms with Gasteiger partial charge in [-0.1, -0.05) is 12.2 Å². The summed E-state index contributed by atoms with van der Waals surface area (Å²) in [5.74, 6) is 1.98. The molecular weight excluding hydrogens is 168 g/mol. The lowest BCUT2D eigenvalue weighted by Crippen LogP contribution is -1.98. The van der Waals surface area contributed by atoms with Gasteiger partial charge in [-0.05, 0) is 31.1 Å². The Labute approximate surface area is 79.0 Å². The van der Waals surface area contributed by atoms with E-state index in [1.165, 1.54) is 19.3 Å². The van der Waals surface area contributed by atoms with Crippen molar-refractivity contribution < 1.29 is 14.9 Å². The molecule has 0 spiro atoms. The summed E-state index contributed by atoms with van der Waals surface area (Å²) >= 11 is 0. The van der Waals surface area contributed by atoms with Crippen LogP contribution in [0.25, 0.3) is 0 Å². The maximum Gasteiger partial charge on any atom is 0.143 e. The van der Waals surface area contributed by atoms with E-state index < -0.39 is 0 Å². The number of hydrogen-bond donors (Lipinski definition) is 2. The van der Waals surface area contributed by atoms with Gasteiger partial charge < -0.3 is 14.9 Å². The van der Waals surface area contributed by atoms with Gasteiger partial charge in [0, 0.05) is 0 Å². The van der Waals surface area contributed by atoms with Gasteiger partial charge in [0.05, 0.1) is 13.2 Å². The summed E-state index contributed by atoms with van der Waals surface area (Å²) in [5.41, 5.74) is 0. The zero-order valence-corrected chi connectivity index (χ0v) is 7.85. The van der Waals surface area contributed by atoms with Crippen molar-refractivity contribution >= 4 is 0 Å². The lowest BCUT2D eigenvalue weighted by molar-refractivity contribution is -0.0157. The second-order valence-corrected chi connectivity index (χ2v) is 3.48. The van der Waals surface area contributed by atoms with Crippen molar-refractivity contribution in [3.05, 3.63) is 12.2 Å². The van der Waals surface area contributed by atoms with Gasteiger partial charge in [-0.3, -0.25) is 0 Å². The van der Waals surface area contributed by atoms with E-state index >= 15 is 0 Å². The maximum atomic E-state index is 7.96. The van der Waals surface area contributed by atoms with Crippen molar-refractivity contribution in [3.63, 3.8) is 0 Å². The predicted molar refractivity (Wildman–Crippen MR) is 50.1 cm³/mol. The minimum atomic E-state index is -0.305. The Morgan fingerprint density at radius 2 is 1.77 bits per heavy atom. The van der Waals surface area contributed by atoms with Crippen LogP contribution in [0.4, 0.5) is 0 Å². The van der Waals surface area contributed by atoms with Crippen molar-refractivity contribution in [2.24, 2.45) is 11.8 Å². The van der Waals surface area contributed by atoms with Gasteiger partial charge in [0.15, 0.2) is 0 Å². The third-order valence-electron chi connectivity index (χ3n) is 2.50. The molecule has 0 aromatic carbocycles. The highest BCUT2D eigenvalue weighted by Gasteiger charge is 2.25.